The minimum Gasteiger partial charge on any atom is -0.338 e. The van der Waals surface area contributed by atoms with Gasteiger partial charge in [-0.25, -0.2) is 8.42 Å². The van der Waals surface area contributed by atoms with Crippen LogP contribution in [0, 0.1) is 0 Å². The number of nitrogens with zero attached hydrogens (tertiary/aromatic N) is 2. The van der Waals surface area contributed by atoms with E-state index in [1.165, 1.54) is 4.31 Å². The largest absolute Gasteiger partial charge is 0.338 e. The number of sulfonamides is 1. The fraction of sp³-hybridized carbons (Fsp3) is 0.500. The number of benzene rings is 1. The number of carbonyl (C=O) groups excluding carboxylic acids is 1. The minimum atomic E-state index is -3.47. The summed E-state index contributed by atoms with van der Waals surface area (Å²) in [5.41, 5.74) is 5.23. The van der Waals surface area contributed by atoms with Crippen molar-refractivity contribution in [1.82, 2.24) is 9.21 Å². The Kier molecular flexibility index (Phi) is 3.51. The molecule has 0 aromatic heterocycles. The van der Waals surface area contributed by atoms with Gasteiger partial charge < -0.3 is 10.6 Å². The number of piperazine rings is 1. The second-order valence-corrected chi connectivity index (χ2v) is 7.60. The van der Waals surface area contributed by atoms with E-state index < -0.39 is 15.6 Å². The molecule has 1 heterocycles. The molecule has 1 aromatic carbocycles. The molecular weight excluding hydrogens is 290 g/mol. The first-order valence-electron chi connectivity index (χ1n) is 7.07. The second kappa shape index (κ2) is 5.08. The van der Waals surface area contributed by atoms with Crippen LogP contribution in [0.3, 0.4) is 0 Å². The highest BCUT2D eigenvalue weighted by molar-refractivity contribution is 7.89. The summed E-state index contributed by atoms with van der Waals surface area (Å²) in [5.74, 6) is -0.0424. The maximum Gasteiger partial charge on any atom is 0.243 e. The van der Waals surface area contributed by atoms with Crippen molar-refractivity contribution in [3.63, 3.8) is 0 Å². The molecule has 2 fully saturated rings. The Balaban J connectivity index is 1.67. The Labute approximate surface area is 124 Å². The van der Waals surface area contributed by atoms with Gasteiger partial charge in [-0.3, -0.25) is 4.79 Å². The highest BCUT2D eigenvalue weighted by Crippen LogP contribution is 2.34. The number of hydrogen-bond acceptors (Lipinski definition) is 4. The molecule has 0 radical (unpaired) electrons. The lowest BCUT2D eigenvalue weighted by atomic mass is 10.2. The van der Waals surface area contributed by atoms with Crippen LogP contribution in [0.4, 0.5) is 0 Å². The van der Waals surface area contributed by atoms with E-state index in [1.807, 2.05) is 0 Å². The molecule has 6 nitrogen and oxygen atoms in total. The van der Waals surface area contributed by atoms with Gasteiger partial charge in [0.15, 0.2) is 0 Å². The van der Waals surface area contributed by atoms with Gasteiger partial charge in [-0.05, 0) is 25.0 Å². The summed E-state index contributed by atoms with van der Waals surface area (Å²) in [7, 11) is -3.47. The van der Waals surface area contributed by atoms with Crippen molar-refractivity contribution in [2.75, 3.05) is 26.2 Å². The molecule has 1 saturated carbocycles. The average Bonchev–Trinajstić information content (AvgIpc) is 3.26. The molecule has 1 saturated heterocycles. The Morgan fingerprint density at radius 2 is 1.62 bits per heavy atom. The van der Waals surface area contributed by atoms with Crippen LogP contribution < -0.4 is 5.73 Å². The van der Waals surface area contributed by atoms with Gasteiger partial charge in [-0.1, -0.05) is 18.2 Å². The number of amides is 1. The number of nitrogens with two attached hydrogens (primary N) is 1. The molecule has 1 aromatic rings. The van der Waals surface area contributed by atoms with Crippen LogP contribution in [0.15, 0.2) is 35.2 Å². The van der Waals surface area contributed by atoms with Gasteiger partial charge in [-0.2, -0.15) is 4.31 Å². The smallest absolute Gasteiger partial charge is 0.243 e. The van der Waals surface area contributed by atoms with E-state index in [4.69, 9.17) is 5.73 Å². The van der Waals surface area contributed by atoms with Crippen LogP contribution in [-0.2, 0) is 14.8 Å². The topological polar surface area (TPSA) is 83.7 Å². The van der Waals surface area contributed by atoms with Gasteiger partial charge in [0.2, 0.25) is 15.9 Å². The van der Waals surface area contributed by atoms with E-state index in [1.54, 1.807) is 35.2 Å². The highest BCUT2D eigenvalue weighted by Gasteiger charge is 2.48. The van der Waals surface area contributed by atoms with Crippen LogP contribution in [0.2, 0.25) is 0 Å². The SMILES string of the molecule is NC1(C(=O)N2CCN(S(=O)(=O)c3ccccc3)CC2)CC1. The van der Waals surface area contributed by atoms with Crippen LogP contribution in [0.25, 0.3) is 0 Å². The third-order valence-electron chi connectivity index (χ3n) is 4.12. The van der Waals surface area contributed by atoms with Crippen molar-refractivity contribution < 1.29 is 13.2 Å². The van der Waals surface area contributed by atoms with Gasteiger partial charge in [0.1, 0.15) is 0 Å². The molecule has 1 aliphatic carbocycles. The molecule has 114 valence electrons. The Bertz CT molecular complexity index is 633. The number of rotatable bonds is 3. The number of carbonyl (C=O) groups is 1. The summed E-state index contributed by atoms with van der Waals surface area (Å²) < 4.78 is 26.4. The van der Waals surface area contributed by atoms with Crippen LogP contribution in [-0.4, -0.2) is 55.2 Å². The van der Waals surface area contributed by atoms with Crippen molar-refractivity contribution >= 4 is 15.9 Å². The Hall–Kier alpha value is -1.44. The predicted molar refractivity (Wildman–Crippen MR) is 77.9 cm³/mol. The fourth-order valence-corrected chi connectivity index (χ4v) is 3.98. The molecule has 2 N–H and O–H groups in total. The maximum atomic E-state index is 12.5. The van der Waals surface area contributed by atoms with E-state index in [9.17, 15) is 13.2 Å². The first-order chi connectivity index (χ1) is 9.93. The first kappa shape index (κ1) is 14.5. The fourth-order valence-electron chi connectivity index (χ4n) is 2.54. The number of hydrogen-bond donors (Lipinski definition) is 1. The van der Waals surface area contributed by atoms with Crippen molar-refractivity contribution in [3.8, 4) is 0 Å². The molecular formula is C14H19N3O3S. The van der Waals surface area contributed by atoms with Gasteiger partial charge in [-0.15, -0.1) is 0 Å². The third-order valence-corrected chi connectivity index (χ3v) is 6.03. The zero-order valence-electron chi connectivity index (χ0n) is 11.7. The zero-order chi connectivity index (χ0) is 15.1. The van der Waals surface area contributed by atoms with Crippen molar-refractivity contribution in [2.24, 2.45) is 5.73 Å². The van der Waals surface area contributed by atoms with Crippen LogP contribution in [0.5, 0.6) is 0 Å². The summed E-state index contributed by atoms with van der Waals surface area (Å²) in [4.78, 5) is 14.1. The Morgan fingerprint density at radius 1 is 1.05 bits per heavy atom. The average molecular weight is 309 g/mol. The highest BCUT2D eigenvalue weighted by atomic mass is 32.2. The summed E-state index contributed by atoms with van der Waals surface area (Å²) >= 11 is 0. The van der Waals surface area contributed by atoms with E-state index in [2.05, 4.69) is 0 Å². The summed E-state index contributed by atoms with van der Waals surface area (Å²) in [6.07, 6.45) is 1.46. The van der Waals surface area contributed by atoms with E-state index in [-0.39, 0.29) is 5.91 Å². The van der Waals surface area contributed by atoms with E-state index >= 15 is 0 Å². The summed E-state index contributed by atoms with van der Waals surface area (Å²) in [6, 6.07) is 8.37. The normalized spacial score (nSPS) is 22.0. The minimum absolute atomic E-state index is 0.0424. The monoisotopic (exact) mass is 309 g/mol. The Morgan fingerprint density at radius 3 is 2.14 bits per heavy atom. The second-order valence-electron chi connectivity index (χ2n) is 5.67. The molecule has 0 spiro atoms. The molecule has 0 unspecified atom stereocenters. The predicted octanol–water partition coefficient (Wildman–Crippen LogP) is 0.0108. The van der Waals surface area contributed by atoms with E-state index in [0.29, 0.717) is 31.1 Å². The zero-order valence-corrected chi connectivity index (χ0v) is 12.6. The van der Waals surface area contributed by atoms with Gasteiger partial charge in [0, 0.05) is 26.2 Å². The molecule has 2 aliphatic rings. The van der Waals surface area contributed by atoms with Crippen LogP contribution >= 0.6 is 0 Å². The first-order valence-corrected chi connectivity index (χ1v) is 8.51. The van der Waals surface area contributed by atoms with Crippen LogP contribution in [0.1, 0.15) is 12.8 Å². The molecule has 3 rings (SSSR count). The van der Waals surface area contributed by atoms with Crippen molar-refractivity contribution in [1.29, 1.82) is 0 Å². The van der Waals surface area contributed by atoms with Crippen molar-refractivity contribution in [3.05, 3.63) is 30.3 Å². The third kappa shape index (κ3) is 2.68. The van der Waals surface area contributed by atoms with Gasteiger partial charge in [0.25, 0.3) is 0 Å². The lowest BCUT2D eigenvalue weighted by molar-refractivity contribution is -0.134. The summed E-state index contributed by atoms with van der Waals surface area (Å²) in [6.45, 7) is 1.45. The maximum absolute atomic E-state index is 12.5. The quantitative estimate of drug-likeness (QED) is 0.852. The summed E-state index contributed by atoms with van der Waals surface area (Å²) in [5, 5.41) is 0. The van der Waals surface area contributed by atoms with Gasteiger partial charge in [0.05, 0.1) is 10.4 Å². The van der Waals surface area contributed by atoms with Gasteiger partial charge >= 0.3 is 0 Å². The lowest BCUT2D eigenvalue weighted by Crippen LogP contribution is -2.55. The lowest BCUT2D eigenvalue weighted by Gasteiger charge is -2.35. The standard InChI is InChI=1S/C14H19N3O3S/c15-14(6-7-14)13(18)16-8-10-17(11-9-16)21(19,20)12-4-2-1-3-5-12/h1-5H,6-11,15H2. The molecule has 7 heteroatoms. The molecule has 1 amide bonds. The molecule has 1 aliphatic heterocycles. The van der Waals surface area contributed by atoms with Crippen molar-refractivity contribution in [2.45, 2.75) is 23.3 Å². The molecule has 0 atom stereocenters. The van der Waals surface area contributed by atoms with E-state index in [0.717, 1.165) is 12.8 Å². The molecule has 0 bridgehead atoms. The molecule has 21 heavy (non-hydrogen) atoms.